The molecule has 2 aromatic heterocycles. The first-order valence-electron chi connectivity index (χ1n) is 5.59. The fourth-order valence-electron chi connectivity index (χ4n) is 1.36. The highest BCUT2D eigenvalue weighted by Crippen LogP contribution is 2.19. The van der Waals surface area contributed by atoms with Crippen LogP contribution in [0.25, 0.3) is 0 Å². The third-order valence-electron chi connectivity index (χ3n) is 2.15. The second-order valence-electron chi connectivity index (χ2n) is 3.73. The molecule has 0 atom stereocenters. The molecule has 0 saturated carbocycles. The molecule has 0 unspecified atom stereocenters. The highest BCUT2D eigenvalue weighted by Gasteiger charge is 2.07. The predicted molar refractivity (Wildman–Crippen MR) is 61.8 cm³/mol. The molecule has 92 valence electrons. The summed E-state index contributed by atoms with van der Waals surface area (Å²) < 4.78 is 12.3. The minimum absolute atomic E-state index is 0.242. The molecule has 1 N–H and O–H groups in total. The number of oxazole rings is 1. The van der Waals surface area contributed by atoms with E-state index in [1.807, 2.05) is 7.05 Å². The molecule has 0 aliphatic rings. The van der Waals surface area contributed by atoms with Gasteiger partial charge >= 0.3 is 6.08 Å². The van der Waals surface area contributed by atoms with Crippen LogP contribution in [-0.2, 0) is 13.6 Å². The van der Waals surface area contributed by atoms with Gasteiger partial charge in [-0.1, -0.05) is 6.92 Å². The van der Waals surface area contributed by atoms with E-state index in [1.54, 1.807) is 23.3 Å². The van der Waals surface area contributed by atoms with Crippen molar-refractivity contribution >= 4 is 0 Å². The fourth-order valence-corrected chi connectivity index (χ4v) is 1.36. The molecule has 0 radical (unpaired) electrons. The number of aryl methyl sites for hydroxylation is 1. The Hall–Kier alpha value is -1.82. The molecule has 0 amide bonds. The first-order valence-corrected chi connectivity index (χ1v) is 5.59. The zero-order chi connectivity index (χ0) is 12.1. The third-order valence-corrected chi connectivity index (χ3v) is 2.15. The Balaban J connectivity index is 1.89. The SMILES string of the molecule is CCCNCc1coc(Oc2cnn(C)c2)n1. The van der Waals surface area contributed by atoms with Crippen molar-refractivity contribution in [2.75, 3.05) is 6.54 Å². The molecule has 0 saturated heterocycles. The molecule has 0 fully saturated rings. The minimum atomic E-state index is 0.242. The summed E-state index contributed by atoms with van der Waals surface area (Å²) in [4.78, 5) is 4.20. The molecule has 2 rings (SSSR count). The van der Waals surface area contributed by atoms with Crippen LogP contribution in [0.2, 0.25) is 0 Å². The number of rotatable bonds is 6. The third kappa shape index (κ3) is 3.32. The van der Waals surface area contributed by atoms with Crippen LogP contribution >= 0.6 is 0 Å². The lowest BCUT2D eigenvalue weighted by molar-refractivity contribution is 0.330. The van der Waals surface area contributed by atoms with Crippen LogP contribution in [0.3, 0.4) is 0 Å². The monoisotopic (exact) mass is 236 g/mol. The van der Waals surface area contributed by atoms with Crippen molar-refractivity contribution in [3.8, 4) is 11.8 Å². The van der Waals surface area contributed by atoms with Crippen molar-refractivity contribution in [1.82, 2.24) is 20.1 Å². The van der Waals surface area contributed by atoms with E-state index in [0.29, 0.717) is 12.3 Å². The zero-order valence-electron chi connectivity index (χ0n) is 10.0. The Morgan fingerprint density at radius 1 is 1.53 bits per heavy atom. The van der Waals surface area contributed by atoms with Crippen molar-refractivity contribution in [2.45, 2.75) is 19.9 Å². The van der Waals surface area contributed by atoms with Crippen LogP contribution in [0.4, 0.5) is 0 Å². The Labute approximate surface area is 99.6 Å². The Kier molecular flexibility index (Phi) is 3.77. The summed E-state index contributed by atoms with van der Waals surface area (Å²) in [7, 11) is 1.82. The summed E-state index contributed by atoms with van der Waals surface area (Å²) in [6, 6.07) is 0. The van der Waals surface area contributed by atoms with E-state index in [2.05, 4.69) is 22.3 Å². The molecule has 0 spiro atoms. The number of aromatic nitrogens is 3. The van der Waals surface area contributed by atoms with Gasteiger partial charge in [-0.3, -0.25) is 4.68 Å². The molecule has 17 heavy (non-hydrogen) atoms. The van der Waals surface area contributed by atoms with E-state index < -0.39 is 0 Å². The maximum absolute atomic E-state index is 5.40. The van der Waals surface area contributed by atoms with Crippen molar-refractivity contribution in [3.05, 3.63) is 24.4 Å². The Morgan fingerprint density at radius 2 is 2.41 bits per heavy atom. The molecule has 2 aromatic rings. The molecule has 2 heterocycles. The molecular weight excluding hydrogens is 220 g/mol. The largest absolute Gasteiger partial charge is 0.417 e. The van der Waals surface area contributed by atoms with Gasteiger partial charge in [-0.05, 0) is 13.0 Å². The van der Waals surface area contributed by atoms with Crippen LogP contribution in [0.1, 0.15) is 19.0 Å². The van der Waals surface area contributed by atoms with Gasteiger partial charge in [0.15, 0.2) is 5.75 Å². The zero-order valence-corrected chi connectivity index (χ0v) is 10.0. The molecule has 0 bridgehead atoms. The summed E-state index contributed by atoms with van der Waals surface area (Å²) >= 11 is 0. The van der Waals surface area contributed by atoms with E-state index in [9.17, 15) is 0 Å². The smallest absolute Gasteiger partial charge is 0.399 e. The maximum atomic E-state index is 5.40. The average molecular weight is 236 g/mol. The van der Waals surface area contributed by atoms with Gasteiger partial charge in [0.2, 0.25) is 0 Å². The lowest BCUT2D eigenvalue weighted by Gasteiger charge is -1.97. The fraction of sp³-hybridized carbons (Fsp3) is 0.455. The topological polar surface area (TPSA) is 65.1 Å². The predicted octanol–water partition coefficient (Wildman–Crippen LogP) is 1.70. The lowest BCUT2D eigenvalue weighted by Crippen LogP contribution is -2.13. The maximum Gasteiger partial charge on any atom is 0.399 e. The molecule has 0 aliphatic carbocycles. The van der Waals surface area contributed by atoms with Gasteiger partial charge in [-0.15, -0.1) is 0 Å². The summed E-state index contributed by atoms with van der Waals surface area (Å²) in [5.74, 6) is 0.613. The standard InChI is InChI=1S/C11H16N4O2/c1-3-4-12-5-9-8-16-11(14-9)17-10-6-13-15(2)7-10/h6-8,12H,3-5H2,1-2H3. The van der Waals surface area contributed by atoms with Crippen molar-refractivity contribution in [1.29, 1.82) is 0 Å². The summed E-state index contributed by atoms with van der Waals surface area (Å²) in [5, 5.41) is 7.23. The molecular formula is C11H16N4O2. The van der Waals surface area contributed by atoms with E-state index >= 15 is 0 Å². The first kappa shape index (κ1) is 11.7. The number of nitrogens with zero attached hydrogens (tertiary/aromatic N) is 3. The summed E-state index contributed by atoms with van der Waals surface area (Å²) in [5.41, 5.74) is 0.831. The molecule has 0 aromatic carbocycles. The van der Waals surface area contributed by atoms with Crippen molar-refractivity contribution < 1.29 is 9.15 Å². The van der Waals surface area contributed by atoms with Crippen LogP contribution in [0.5, 0.6) is 11.8 Å². The Bertz CT molecular complexity index is 463. The Morgan fingerprint density at radius 3 is 3.12 bits per heavy atom. The van der Waals surface area contributed by atoms with Gasteiger partial charge in [-0.2, -0.15) is 10.1 Å². The number of hydrogen-bond acceptors (Lipinski definition) is 5. The second-order valence-corrected chi connectivity index (χ2v) is 3.73. The molecule has 6 heteroatoms. The number of ether oxygens (including phenoxy) is 1. The summed E-state index contributed by atoms with van der Waals surface area (Å²) in [6.45, 7) is 3.77. The van der Waals surface area contributed by atoms with Gasteiger partial charge in [0, 0.05) is 13.6 Å². The van der Waals surface area contributed by atoms with Gasteiger partial charge < -0.3 is 14.5 Å². The van der Waals surface area contributed by atoms with Gasteiger partial charge in [0.1, 0.15) is 6.26 Å². The highest BCUT2D eigenvalue weighted by molar-refractivity contribution is 5.16. The van der Waals surface area contributed by atoms with Crippen molar-refractivity contribution in [2.24, 2.45) is 7.05 Å². The van der Waals surface area contributed by atoms with Gasteiger partial charge in [0.05, 0.1) is 18.1 Å². The quantitative estimate of drug-likeness (QED) is 0.773. The minimum Gasteiger partial charge on any atom is -0.417 e. The molecule has 6 nitrogen and oxygen atoms in total. The van der Waals surface area contributed by atoms with Crippen LogP contribution in [0, 0.1) is 0 Å². The van der Waals surface area contributed by atoms with E-state index in [-0.39, 0.29) is 6.08 Å². The highest BCUT2D eigenvalue weighted by atomic mass is 16.6. The van der Waals surface area contributed by atoms with Crippen LogP contribution < -0.4 is 10.1 Å². The number of hydrogen-bond donors (Lipinski definition) is 1. The number of nitrogens with one attached hydrogen (secondary N) is 1. The van der Waals surface area contributed by atoms with Gasteiger partial charge in [-0.25, -0.2) is 0 Å². The average Bonchev–Trinajstić information content (AvgIpc) is 2.90. The van der Waals surface area contributed by atoms with Crippen molar-refractivity contribution in [3.63, 3.8) is 0 Å². The van der Waals surface area contributed by atoms with Crippen LogP contribution in [0.15, 0.2) is 23.1 Å². The lowest BCUT2D eigenvalue weighted by atomic mass is 10.4. The van der Waals surface area contributed by atoms with E-state index in [1.165, 1.54) is 0 Å². The van der Waals surface area contributed by atoms with Gasteiger partial charge in [0.25, 0.3) is 0 Å². The first-order chi connectivity index (χ1) is 8.28. The normalized spacial score (nSPS) is 10.7. The summed E-state index contributed by atoms with van der Waals surface area (Å²) in [6.07, 6.45) is 6.29. The molecule has 0 aliphatic heterocycles. The van der Waals surface area contributed by atoms with E-state index in [0.717, 1.165) is 18.7 Å². The van der Waals surface area contributed by atoms with E-state index in [4.69, 9.17) is 9.15 Å². The van der Waals surface area contributed by atoms with Crippen LogP contribution in [-0.4, -0.2) is 21.3 Å². The second kappa shape index (κ2) is 5.49.